The molecule has 0 N–H and O–H groups in total. The smallest absolute Gasteiger partial charge is 0.346 e. The average molecular weight is 227 g/mol. The van der Waals surface area contributed by atoms with Crippen molar-refractivity contribution in [3.05, 3.63) is 0 Å². The number of alkyl halides is 5. The Bertz CT molecular complexity index is 102. The van der Waals surface area contributed by atoms with Crippen molar-refractivity contribution in [3.8, 4) is 0 Å². The fourth-order valence-corrected chi connectivity index (χ4v) is 0.116. The predicted molar refractivity (Wildman–Crippen MR) is 30.6 cm³/mol. The van der Waals surface area contributed by atoms with Gasteiger partial charge in [-0.1, -0.05) is 11.6 Å². The second-order valence-electron chi connectivity index (χ2n) is 1.22. The molecule has 0 aliphatic heterocycles. The highest BCUT2D eigenvalue weighted by molar-refractivity contribution is 9.10. The largest absolute Gasteiger partial charge is 0.442 e. The Morgan fingerprint density at radius 1 is 1.44 bits per heavy atom. The van der Waals surface area contributed by atoms with Gasteiger partial charge in [0.2, 0.25) is 0 Å². The molecule has 0 aromatic heterocycles. The van der Waals surface area contributed by atoms with Gasteiger partial charge in [-0.25, -0.2) is 0 Å². The minimum absolute atomic E-state index is 0.856. The summed E-state index contributed by atoms with van der Waals surface area (Å²) in [5.74, 6) is 0. The summed E-state index contributed by atoms with van der Waals surface area (Å²) in [7, 11) is 0.856. The Labute approximate surface area is 63.3 Å². The fourth-order valence-electron chi connectivity index (χ4n) is 0.116. The van der Waals surface area contributed by atoms with Crippen molar-refractivity contribution in [2.45, 2.75) is 10.1 Å². The SMILES string of the molecule is COC(Cl)(Br)C(F)(F)F. The summed E-state index contributed by atoms with van der Waals surface area (Å²) in [5, 5.41) is 0. The molecule has 1 unspecified atom stereocenters. The molecule has 0 rings (SSSR count). The number of rotatable bonds is 1. The Morgan fingerprint density at radius 3 is 1.78 bits per heavy atom. The second kappa shape index (κ2) is 2.64. The van der Waals surface area contributed by atoms with Crippen molar-refractivity contribution in [2.24, 2.45) is 0 Å². The van der Waals surface area contributed by atoms with E-state index in [1.807, 2.05) is 0 Å². The molecule has 0 aromatic carbocycles. The van der Waals surface area contributed by atoms with Crippen LogP contribution in [0, 0.1) is 0 Å². The number of ether oxygens (including phenoxy) is 1. The van der Waals surface area contributed by atoms with Crippen LogP contribution in [0.4, 0.5) is 13.2 Å². The zero-order valence-electron chi connectivity index (χ0n) is 4.30. The van der Waals surface area contributed by atoms with Gasteiger partial charge in [0, 0.05) is 7.11 Å². The zero-order chi connectivity index (χ0) is 7.71. The zero-order valence-corrected chi connectivity index (χ0v) is 6.64. The van der Waals surface area contributed by atoms with Gasteiger partial charge in [0.05, 0.1) is 0 Å². The molecule has 0 bridgehead atoms. The van der Waals surface area contributed by atoms with Crippen LogP contribution < -0.4 is 0 Å². The van der Waals surface area contributed by atoms with Crippen molar-refractivity contribution in [3.63, 3.8) is 0 Å². The molecule has 0 aliphatic rings. The number of methoxy groups -OCH3 is 1. The Balaban J connectivity index is 4.14. The molecule has 0 fully saturated rings. The van der Waals surface area contributed by atoms with Crippen LogP contribution in [0.2, 0.25) is 0 Å². The Morgan fingerprint density at radius 2 is 1.78 bits per heavy atom. The van der Waals surface area contributed by atoms with Gasteiger partial charge in [-0.15, -0.1) is 0 Å². The molecule has 0 aliphatic carbocycles. The van der Waals surface area contributed by atoms with Crippen LogP contribution in [-0.4, -0.2) is 17.3 Å². The monoisotopic (exact) mass is 226 g/mol. The first-order chi connectivity index (χ1) is 3.81. The van der Waals surface area contributed by atoms with E-state index in [0.29, 0.717) is 0 Å². The topological polar surface area (TPSA) is 9.23 Å². The quantitative estimate of drug-likeness (QED) is 0.625. The fraction of sp³-hybridized carbons (Fsp3) is 1.00. The van der Waals surface area contributed by atoms with Gasteiger partial charge >= 0.3 is 6.18 Å². The van der Waals surface area contributed by atoms with E-state index in [1.54, 1.807) is 0 Å². The van der Waals surface area contributed by atoms with Crippen molar-refractivity contribution in [1.82, 2.24) is 0 Å². The predicted octanol–water partition coefficient (Wildman–Crippen LogP) is 2.48. The molecular formula is C3H3BrClF3O. The van der Waals surface area contributed by atoms with Crippen molar-refractivity contribution in [2.75, 3.05) is 7.11 Å². The first-order valence-corrected chi connectivity index (χ1v) is 2.98. The lowest BCUT2D eigenvalue weighted by atomic mass is 10.7. The summed E-state index contributed by atoms with van der Waals surface area (Å²) < 4.78 is 35.7. The number of hydrogen-bond acceptors (Lipinski definition) is 1. The van der Waals surface area contributed by atoms with E-state index in [4.69, 9.17) is 11.6 Å². The van der Waals surface area contributed by atoms with Crippen LogP contribution in [-0.2, 0) is 4.74 Å². The standard InChI is InChI=1S/C3H3BrClF3O/c1-9-2(4,5)3(6,7)8/h1H3. The van der Waals surface area contributed by atoms with Gasteiger partial charge in [-0.3, -0.25) is 0 Å². The highest BCUT2D eigenvalue weighted by Gasteiger charge is 2.52. The molecule has 6 heteroatoms. The molecule has 0 spiro atoms. The molecule has 1 nitrogen and oxygen atoms in total. The maximum atomic E-state index is 11.5. The van der Waals surface area contributed by atoms with E-state index >= 15 is 0 Å². The van der Waals surface area contributed by atoms with E-state index in [-0.39, 0.29) is 0 Å². The number of halogens is 5. The Hall–Kier alpha value is 0.520. The van der Waals surface area contributed by atoms with Gasteiger partial charge in [0.1, 0.15) is 0 Å². The third-order valence-corrected chi connectivity index (χ3v) is 1.73. The summed E-state index contributed by atoms with van der Waals surface area (Å²) in [6.45, 7) is 0. The van der Waals surface area contributed by atoms with E-state index in [2.05, 4.69) is 20.7 Å². The maximum absolute atomic E-state index is 11.5. The summed E-state index contributed by atoms with van der Waals surface area (Å²) in [5.41, 5.74) is 0. The van der Waals surface area contributed by atoms with Crippen LogP contribution in [0.15, 0.2) is 0 Å². The molecule has 0 radical (unpaired) electrons. The average Bonchev–Trinajstić information content (AvgIpc) is 1.64. The van der Waals surface area contributed by atoms with Gasteiger partial charge < -0.3 is 4.74 Å². The second-order valence-corrected chi connectivity index (χ2v) is 3.32. The van der Waals surface area contributed by atoms with E-state index in [0.717, 1.165) is 7.11 Å². The van der Waals surface area contributed by atoms with E-state index in [1.165, 1.54) is 0 Å². The van der Waals surface area contributed by atoms with E-state index < -0.39 is 10.1 Å². The summed E-state index contributed by atoms with van der Waals surface area (Å²) >= 11 is 6.89. The first-order valence-electron chi connectivity index (χ1n) is 1.81. The highest BCUT2D eigenvalue weighted by Crippen LogP contribution is 2.41. The minimum Gasteiger partial charge on any atom is -0.346 e. The highest BCUT2D eigenvalue weighted by atomic mass is 79.9. The van der Waals surface area contributed by atoms with Crippen LogP contribution in [0.25, 0.3) is 0 Å². The molecular weight excluding hydrogens is 224 g/mol. The van der Waals surface area contributed by atoms with Crippen molar-refractivity contribution >= 4 is 27.5 Å². The van der Waals surface area contributed by atoms with Gasteiger partial charge in [0.25, 0.3) is 3.97 Å². The van der Waals surface area contributed by atoms with E-state index in [9.17, 15) is 13.2 Å². The first kappa shape index (κ1) is 9.52. The van der Waals surface area contributed by atoms with Crippen molar-refractivity contribution in [1.29, 1.82) is 0 Å². The van der Waals surface area contributed by atoms with Crippen molar-refractivity contribution < 1.29 is 17.9 Å². The maximum Gasteiger partial charge on any atom is 0.442 e. The molecule has 9 heavy (non-hydrogen) atoms. The molecule has 56 valence electrons. The lowest BCUT2D eigenvalue weighted by Gasteiger charge is -2.20. The number of hydrogen-bond donors (Lipinski definition) is 0. The van der Waals surface area contributed by atoms with Gasteiger partial charge in [-0.2, -0.15) is 13.2 Å². The Kier molecular flexibility index (Phi) is 2.79. The van der Waals surface area contributed by atoms with Crippen LogP contribution in [0.5, 0.6) is 0 Å². The molecule has 0 heterocycles. The lowest BCUT2D eigenvalue weighted by Crippen LogP contribution is -2.34. The molecule has 0 amide bonds. The normalized spacial score (nSPS) is 19.3. The molecule has 1 atom stereocenters. The summed E-state index contributed by atoms with van der Waals surface area (Å²) in [6, 6.07) is 0. The van der Waals surface area contributed by atoms with Gasteiger partial charge in [0.15, 0.2) is 0 Å². The van der Waals surface area contributed by atoms with Crippen LogP contribution in [0.3, 0.4) is 0 Å². The van der Waals surface area contributed by atoms with Crippen LogP contribution in [0.1, 0.15) is 0 Å². The molecule has 0 saturated heterocycles. The third-order valence-electron chi connectivity index (χ3n) is 0.586. The summed E-state index contributed by atoms with van der Waals surface area (Å²) in [6.07, 6.45) is -4.59. The third kappa shape index (κ3) is 2.31. The minimum atomic E-state index is -4.59. The summed E-state index contributed by atoms with van der Waals surface area (Å²) in [4.78, 5) is 0. The lowest BCUT2D eigenvalue weighted by molar-refractivity contribution is -0.195. The molecule has 0 aromatic rings. The van der Waals surface area contributed by atoms with Gasteiger partial charge in [-0.05, 0) is 15.9 Å². The molecule has 0 saturated carbocycles. The van der Waals surface area contributed by atoms with Crippen LogP contribution >= 0.6 is 27.5 Å².